The maximum Gasteiger partial charge on any atom is 0.261 e. The number of ether oxygens (including phenoxy) is 1. The van der Waals surface area contributed by atoms with E-state index in [1.807, 2.05) is 13.0 Å². The van der Waals surface area contributed by atoms with Gasteiger partial charge < -0.3 is 10.1 Å². The van der Waals surface area contributed by atoms with Crippen molar-refractivity contribution in [3.8, 4) is 0 Å². The number of sulfonamides is 1. The van der Waals surface area contributed by atoms with Crippen LogP contribution in [0.1, 0.15) is 45.1 Å². The summed E-state index contributed by atoms with van der Waals surface area (Å²) < 4.78 is 28.5. The highest BCUT2D eigenvalue weighted by Gasteiger charge is 2.21. The molecular weight excluding hydrogens is 360 g/mol. The number of nitrogens with one attached hydrogen (secondary N) is 1. The molecule has 0 fully saturated rings. The Bertz CT molecular complexity index is 866. The van der Waals surface area contributed by atoms with Crippen molar-refractivity contribution in [3.05, 3.63) is 51.2 Å². The van der Waals surface area contributed by atoms with Crippen molar-refractivity contribution in [1.82, 2.24) is 5.32 Å². The van der Waals surface area contributed by atoms with Gasteiger partial charge in [0.2, 0.25) is 10.0 Å². The Morgan fingerprint density at radius 3 is 2.88 bits per heavy atom. The minimum Gasteiger partial charge on any atom is -0.376 e. The molecule has 0 spiro atoms. The van der Waals surface area contributed by atoms with E-state index >= 15 is 0 Å². The molecule has 25 heavy (non-hydrogen) atoms. The number of primary sulfonamides is 1. The highest BCUT2D eigenvalue weighted by atomic mass is 32.2. The zero-order valence-electron chi connectivity index (χ0n) is 13.8. The number of thiophene rings is 1. The summed E-state index contributed by atoms with van der Waals surface area (Å²) in [6, 6.07) is 7.96. The number of carbonyl (C=O) groups excluding carboxylic acids is 1. The molecule has 0 aliphatic carbocycles. The summed E-state index contributed by atoms with van der Waals surface area (Å²) in [5.41, 5.74) is 1.79. The van der Waals surface area contributed by atoms with E-state index in [1.165, 1.54) is 28.3 Å². The average Bonchev–Trinajstić information content (AvgIpc) is 3.03. The van der Waals surface area contributed by atoms with Gasteiger partial charge in [-0.2, -0.15) is 0 Å². The molecule has 0 saturated heterocycles. The van der Waals surface area contributed by atoms with Crippen LogP contribution in [0, 0.1) is 0 Å². The standard InChI is InChI=1S/C17H20N2O4S2/c1-2-14(11-4-3-5-13(8-11)25(18,21)22)19-17(20)16-9-12-10-23-7-6-15(12)24-16/h3-5,8-9,14H,2,6-7,10H2,1H3,(H,19,20)(H2,18,21,22). The zero-order valence-corrected chi connectivity index (χ0v) is 15.5. The Balaban J connectivity index is 1.80. The van der Waals surface area contributed by atoms with Crippen molar-refractivity contribution < 1.29 is 17.9 Å². The second-order valence-corrected chi connectivity index (χ2v) is 8.61. The topological polar surface area (TPSA) is 98.5 Å². The van der Waals surface area contributed by atoms with Gasteiger partial charge in [0.05, 0.1) is 29.0 Å². The van der Waals surface area contributed by atoms with E-state index in [1.54, 1.807) is 12.1 Å². The first-order valence-electron chi connectivity index (χ1n) is 8.01. The highest BCUT2D eigenvalue weighted by molar-refractivity contribution is 7.89. The summed E-state index contributed by atoms with van der Waals surface area (Å²) in [5, 5.41) is 8.17. The molecule has 134 valence electrons. The molecule has 1 aromatic heterocycles. The zero-order chi connectivity index (χ0) is 18.0. The van der Waals surface area contributed by atoms with Gasteiger partial charge in [0.1, 0.15) is 0 Å². The third-order valence-electron chi connectivity index (χ3n) is 4.15. The summed E-state index contributed by atoms with van der Waals surface area (Å²) >= 11 is 1.49. The molecular formula is C17H20N2O4S2. The fourth-order valence-electron chi connectivity index (χ4n) is 2.82. The van der Waals surface area contributed by atoms with Crippen molar-refractivity contribution >= 4 is 27.3 Å². The first-order chi connectivity index (χ1) is 11.9. The van der Waals surface area contributed by atoms with Crippen LogP contribution in [0.4, 0.5) is 0 Å². The number of carbonyl (C=O) groups is 1. The van der Waals surface area contributed by atoms with E-state index in [0.717, 1.165) is 12.0 Å². The van der Waals surface area contributed by atoms with Crippen molar-refractivity contribution in [2.75, 3.05) is 6.61 Å². The first kappa shape index (κ1) is 18.1. The predicted molar refractivity (Wildman–Crippen MR) is 96.0 cm³/mol. The summed E-state index contributed by atoms with van der Waals surface area (Å²) in [4.78, 5) is 14.5. The van der Waals surface area contributed by atoms with Crippen LogP contribution in [0.15, 0.2) is 35.2 Å². The lowest BCUT2D eigenvalue weighted by Crippen LogP contribution is -2.27. The van der Waals surface area contributed by atoms with Crippen LogP contribution >= 0.6 is 11.3 Å². The van der Waals surface area contributed by atoms with Gasteiger partial charge in [-0.3, -0.25) is 4.79 Å². The van der Waals surface area contributed by atoms with Crippen LogP contribution in [0.5, 0.6) is 0 Å². The molecule has 0 radical (unpaired) electrons. The van der Waals surface area contributed by atoms with Crippen LogP contribution in [-0.4, -0.2) is 20.9 Å². The SMILES string of the molecule is CCC(NC(=O)c1cc2c(s1)CCOC2)c1cccc(S(N)(=O)=O)c1. The fraction of sp³-hybridized carbons (Fsp3) is 0.353. The lowest BCUT2D eigenvalue weighted by Gasteiger charge is -2.17. The van der Waals surface area contributed by atoms with Gasteiger partial charge >= 0.3 is 0 Å². The molecule has 2 heterocycles. The average molecular weight is 380 g/mol. The van der Waals surface area contributed by atoms with Crippen molar-refractivity contribution in [3.63, 3.8) is 0 Å². The lowest BCUT2D eigenvalue weighted by atomic mass is 10.0. The lowest BCUT2D eigenvalue weighted by molar-refractivity contribution is 0.0939. The van der Waals surface area contributed by atoms with Crippen LogP contribution in [0.3, 0.4) is 0 Å². The number of rotatable bonds is 5. The number of nitrogens with two attached hydrogens (primary N) is 1. The molecule has 8 heteroatoms. The number of fused-ring (bicyclic) bond motifs is 1. The largest absolute Gasteiger partial charge is 0.376 e. The van der Waals surface area contributed by atoms with Gasteiger partial charge in [-0.15, -0.1) is 11.3 Å². The van der Waals surface area contributed by atoms with Crippen LogP contribution in [-0.2, 0) is 27.8 Å². The molecule has 1 aromatic carbocycles. The molecule has 0 saturated carbocycles. The van der Waals surface area contributed by atoms with Gasteiger partial charge in [-0.1, -0.05) is 19.1 Å². The summed E-state index contributed by atoms with van der Waals surface area (Å²) in [7, 11) is -3.77. The number of hydrogen-bond donors (Lipinski definition) is 2. The monoisotopic (exact) mass is 380 g/mol. The molecule has 6 nitrogen and oxygen atoms in total. The van der Waals surface area contributed by atoms with E-state index in [0.29, 0.717) is 30.1 Å². The molecule has 1 atom stereocenters. The minimum atomic E-state index is -3.77. The predicted octanol–water partition coefficient (Wildman–Crippen LogP) is 2.35. The van der Waals surface area contributed by atoms with Crippen molar-refractivity contribution in [1.29, 1.82) is 0 Å². The minimum absolute atomic E-state index is 0.0430. The van der Waals surface area contributed by atoms with Crippen LogP contribution in [0.25, 0.3) is 0 Å². The number of amides is 1. The van der Waals surface area contributed by atoms with Gasteiger partial charge in [0.25, 0.3) is 5.91 Å². The third-order valence-corrected chi connectivity index (χ3v) is 6.30. The molecule has 1 amide bonds. The Hall–Kier alpha value is -1.74. The van der Waals surface area contributed by atoms with Gasteiger partial charge in [0.15, 0.2) is 0 Å². The quantitative estimate of drug-likeness (QED) is 0.832. The van der Waals surface area contributed by atoms with Gasteiger partial charge in [-0.25, -0.2) is 13.6 Å². The molecule has 1 unspecified atom stereocenters. The van der Waals surface area contributed by atoms with E-state index in [4.69, 9.17) is 9.88 Å². The molecule has 1 aliphatic rings. The Morgan fingerprint density at radius 2 is 2.20 bits per heavy atom. The van der Waals surface area contributed by atoms with Crippen molar-refractivity contribution in [2.45, 2.75) is 37.3 Å². The van der Waals surface area contributed by atoms with E-state index in [9.17, 15) is 13.2 Å². The van der Waals surface area contributed by atoms with Crippen molar-refractivity contribution in [2.24, 2.45) is 5.14 Å². The third kappa shape index (κ3) is 4.09. The summed E-state index contributed by atoms with van der Waals surface area (Å²) in [5.74, 6) is -0.160. The smallest absolute Gasteiger partial charge is 0.261 e. The van der Waals surface area contributed by atoms with Crippen LogP contribution in [0.2, 0.25) is 0 Å². The fourth-order valence-corrected chi connectivity index (χ4v) is 4.44. The molecule has 3 N–H and O–H groups in total. The van der Waals surface area contributed by atoms with Gasteiger partial charge in [-0.05, 0) is 35.7 Å². The summed E-state index contributed by atoms with van der Waals surface area (Å²) in [6.07, 6.45) is 1.47. The number of hydrogen-bond acceptors (Lipinski definition) is 5. The van der Waals surface area contributed by atoms with E-state index in [-0.39, 0.29) is 16.8 Å². The van der Waals surface area contributed by atoms with Gasteiger partial charge in [0, 0.05) is 11.3 Å². The Labute approximate surface area is 151 Å². The normalized spacial score (nSPS) is 15.4. The Kier molecular flexibility index (Phi) is 5.24. The first-order valence-corrected chi connectivity index (χ1v) is 10.4. The highest BCUT2D eigenvalue weighted by Crippen LogP contribution is 2.28. The maximum absolute atomic E-state index is 12.6. The second-order valence-electron chi connectivity index (χ2n) is 5.91. The Morgan fingerprint density at radius 1 is 1.40 bits per heavy atom. The second kappa shape index (κ2) is 7.25. The summed E-state index contributed by atoms with van der Waals surface area (Å²) in [6.45, 7) is 3.17. The van der Waals surface area contributed by atoms with E-state index in [2.05, 4.69) is 5.32 Å². The molecule has 1 aliphatic heterocycles. The van der Waals surface area contributed by atoms with E-state index < -0.39 is 10.0 Å². The molecule has 3 rings (SSSR count). The van der Waals surface area contributed by atoms with Crippen LogP contribution < -0.4 is 10.5 Å². The maximum atomic E-state index is 12.6. The molecule has 2 aromatic rings. The molecule has 0 bridgehead atoms. The number of benzene rings is 1.